The lowest BCUT2D eigenvalue weighted by molar-refractivity contribution is -0.122. The highest BCUT2D eigenvalue weighted by molar-refractivity contribution is 5.92. The van der Waals surface area contributed by atoms with Crippen LogP contribution in [-0.4, -0.2) is 5.91 Å². The van der Waals surface area contributed by atoms with E-state index in [0.717, 1.165) is 30.5 Å². The first-order valence-electron chi connectivity index (χ1n) is 6.04. The van der Waals surface area contributed by atoms with Crippen LogP contribution in [0.25, 0.3) is 0 Å². The molecule has 17 heavy (non-hydrogen) atoms. The van der Waals surface area contributed by atoms with E-state index in [9.17, 15) is 4.79 Å². The van der Waals surface area contributed by atoms with E-state index in [4.69, 9.17) is 0 Å². The van der Waals surface area contributed by atoms with E-state index in [1.165, 1.54) is 0 Å². The van der Waals surface area contributed by atoms with Crippen molar-refractivity contribution < 1.29 is 4.79 Å². The van der Waals surface area contributed by atoms with Gasteiger partial charge in [-0.2, -0.15) is 0 Å². The van der Waals surface area contributed by atoms with Gasteiger partial charge in [-0.25, -0.2) is 0 Å². The van der Waals surface area contributed by atoms with Gasteiger partial charge in [0.25, 0.3) is 0 Å². The van der Waals surface area contributed by atoms with Gasteiger partial charge in [0.1, 0.15) is 0 Å². The summed E-state index contributed by atoms with van der Waals surface area (Å²) in [5.41, 5.74) is 1.89. The second-order valence-corrected chi connectivity index (χ2v) is 4.73. The van der Waals surface area contributed by atoms with Crippen LogP contribution in [0.1, 0.15) is 24.8 Å². The molecule has 0 spiro atoms. The zero-order chi connectivity index (χ0) is 11.7. The summed E-state index contributed by atoms with van der Waals surface area (Å²) in [6.07, 6.45) is 8.78. The SMILES string of the molecule is O=C(NC1=CC=CC1)C1(c2ccccc2)CC1. The Labute approximate surface area is 101 Å². The average Bonchev–Trinajstić information content (AvgIpc) is 3.04. The Bertz CT molecular complexity index is 495. The summed E-state index contributed by atoms with van der Waals surface area (Å²) in [5.74, 6) is 0.152. The summed E-state index contributed by atoms with van der Waals surface area (Å²) in [6, 6.07) is 10.1. The van der Waals surface area contributed by atoms with Gasteiger partial charge in [-0.1, -0.05) is 42.5 Å². The maximum absolute atomic E-state index is 12.3. The van der Waals surface area contributed by atoms with Crippen molar-refractivity contribution in [3.8, 4) is 0 Å². The van der Waals surface area contributed by atoms with Gasteiger partial charge in [-0.05, 0) is 24.5 Å². The number of carbonyl (C=O) groups is 1. The minimum atomic E-state index is -0.259. The first kappa shape index (κ1) is 10.3. The van der Waals surface area contributed by atoms with Crippen molar-refractivity contribution in [2.24, 2.45) is 0 Å². The summed E-state index contributed by atoms with van der Waals surface area (Å²) < 4.78 is 0. The molecule has 1 saturated carbocycles. The fourth-order valence-corrected chi connectivity index (χ4v) is 2.33. The predicted octanol–water partition coefficient (Wildman–Crippen LogP) is 2.68. The van der Waals surface area contributed by atoms with E-state index >= 15 is 0 Å². The molecule has 1 aromatic carbocycles. The minimum absolute atomic E-state index is 0.152. The molecule has 0 aromatic heterocycles. The number of hydrogen-bond acceptors (Lipinski definition) is 1. The maximum atomic E-state index is 12.3. The third-order valence-corrected chi connectivity index (χ3v) is 3.56. The summed E-state index contributed by atoms with van der Waals surface area (Å²) in [7, 11) is 0. The fourth-order valence-electron chi connectivity index (χ4n) is 2.33. The Morgan fingerprint density at radius 3 is 2.53 bits per heavy atom. The summed E-state index contributed by atoms with van der Waals surface area (Å²) in [4.78, 5) is 12.3. The molecule has 1 aromatic rings. The van der Waals surface area contributed by atoms with Gasteiger partial charge >= 0.3 is 0 Å². The van der Waals surface area contributed by atoms with Crippen LogP contribution in [0.4, 0.5) is 0 Å². The van der Waals surface area contributed by atoms with Crippen LogP contribution in [0.3, 0.4) is 0 Å². The molecule has 0 radical (unpaired) electrons. The number of benzene rings is 1. The largest absolute Gasteiger partial charge is 0.329 e. The van der Waals surface area contributed by atoms with Gasteiger partial charge in [-0.15, -0.1) is 0 Å². The van der Waals surface area contributed by atoms with Crippen LogP contribution >= 0.6 is 0 Å². The number of nitrogens with one attached hydrogen (secondary N) is 1. The molecule has 0 atom stereocenters. The summed E-state index contributed by atoms with van der Waals surface area (Å²) >= 11 is 0. The molecule has 0 unspecified atom stereocenters. The van der Waals surface area contributed by atoms with E-state index in [1.54, 1.807) is 0 Å². The molecular weight excluding hydrogens is 210 g/mol. The monoisotopic (exact) mass is 225 g/mol. The third kappa shape index (κ3) is 1.80. The molecule has 2 heteroatoms. The number of amides is 1. The normalized spacial score (nSPS) is 19.9. The van der Waals surface area contributed by atoms with Gasteiger partial charge < -0.3 is 5.32 Å². The molecule has 86 valence electrons. The van der Waals surface area contributed by atoms with Gasteiger partial charge in [-0.3, -0.25) is 4.79 Å². The lowest BCUT2D eigenvalue weighted by Crippen LogP contribution is -2.33. The lowest BCUT2D eigenvalue weighted by atomic mass is 9.95. The van der Waals surface area contributed by atoms with Crippen LogP contribution in [0, 0.1) is 0 Å². The highest BCUT2D eigenvalue weighted by Crippen LogP contribution is 2.48. The lowest BCUT2D eigenvalue weighted by Gasteiger charge is -2.16. The molecule has 0 saturated heterocycles. The van der Waals surface area contributed by atoms with Crippen LogP contribution in [0.5, 0.6) is 0 Å². The van der Waals surface area contributed by atoms with Crippen molar-refractivity contribution >= 4 is 5.91 Å². The maximum Gasteiger partial charge on any atom is 0.234 e. The van der Waals surface area contributed by atoms with Gasteiger partial charge in [0.05, 0.1) is 5.41 Å². The van der Waals surface area contributed by atoms with Crippen LogP contribution < -0.4 is 5.32 Å². The van der Waals surface area contributed by atoms with Gasteiger partial charge in [0.15, 0.2) is 0 Å². The Hall–Kier alpha value is -1.83. The molecular formula is C15H15NO. The molecule has 1 N–H and O–H groups in total. The van der Waals surface area contributed by atoms with Gasteiger partial charge in [0, 0.05) is 12.1 Å². The Morgan fingerprint density at radius 2 is 1.94 bits per heavy atom. The summed E-state index contributed by atoms with van der Waals surface area (Å²) in [5, 5.41) is 3.04. The van der Waals surface area contributed by atoms with E-state index < -0.39 is 0 Å². The Morgan fingerprint density at radius 1 is 1.18 bits per heavy atom. The quantitative estimate of drug-likeness (QED) is 0.842. The second kappa shape index (κ2) is 3.88. The first-order chi connectivity index (χ1) is 8.31. The molecule has 0 aliphatic heterocycles. The van der Waals surface area contributed by atoms with Crippen molar-refractivity contribution in [1.29, 1.82) is 0 Å². The number of hydrogen-bond donors (Lipinski definition) is 1. The van der Waals surface area contributed by atoms with Crippen molar-refractivity contribution in [1.82, 2.24) is 5.32 Å². The Balaban J connectivity index is 1.77. The number of rotatable bonds is 3. The standard InChI is InChI=1S/C15H15NO/c17-14(16-13-8-4-5-9-13)15(10-11-15)12-6-2-1-3-7-12/h1-8H,9-11H2,(H,16,17). The second-order valence-electron chi connectivity index (χ2n) is 4.73. The molecule has 3 rings (SSSR count). The highest BCUT2D eigenvalue weighted by Gasteiger charge is 2.51. The van der Waals surface area contributed by atoms with Crippen molar-refractivity contribution in [3.05, 3.63) is 59.8 Å². The molecule has 1 fully saturated rings. The van der Waals surface area contributed by atoms with E-state index in [-0.39, 0.29) is 11.3 Å². The summed E-state index contributed by atoms with van der Waals surface area (Å²) in [6.45, 7) is 0. The van der Waals surface area contributed by atoms with E-state index in [0.29, 0.717) is 0 Å². The average molecular weight is 225 g/mol. The predicted molar refractivity (Wildman–Crippen MR) is 67.3 cm³/mol. The highest BCUT2D eigenvalue weighted by atomic mass is 16.2. The molecule has 2 aliphatic rings. The molecule has 2 aliphatic carbocycles. The topological polar surface area (TPSA) is 29.1 Å². The zero-order valence-electron chi connectivity index (χ0n) is 9.65. The fraction of sp³-hybridized carbons (Fsp3) is 0.267. The van der Waals surface area contributed by atoms with Crippen molar-refractivity contribution in [2.75, 3.05) is 0 Å². The smallest absolute Gasteiger partial charge is 0.234 e. The molecule has 0 heterocycles. The van der Waals surface area contributed by atoms with Crippen molar-refractivity contribution in [3.63, 3.8) is 0 Å². The zero-order valence-corrected chi connectivity index (χ0v) is 9.65. The van der Waals surface area contributed by atoms with Crippen LogP contribution in [-0.2, 0) is 10.2 Å². The van der Waals surface area contributed by atoms with Crippen LogP contribution in [0.2, 0.25) is 0 Å². The first-order valence-corrected chi connectivity index (χ1v) is 6.04. The van der Waals surface area contributed by atoms with Crippen molar-refractivity contribution in [2.45, 2.75) is 24.7 Å². The number of carbonyl (C=O) groups excluding carboxylic acids is 1. The minimum Gasteiger partial charge on any atom is -0.329 e. The number of allylic oxidation sites excluding steroid dienone is 3. The Kier molecular flexibility index (Phi) is 2.36. The van der Waals surface area contributed by atoms with Gasteiger partial charge in [0.2, 0.25) is 5.91 Å². The van der Waals surface area contributed by atoms with E-state index in [2.05, 4.69) is 11.4 Å². The van der Waals surface area contributed by atoms with E-state index in [1.807, 2.05) is 42.5 Å². The third-order valence-electron chi connectivity index (χ3n) is 3.56. The molecule has 0 bridgehead atoms. The molecule has 1 amide bonds. The molecule has 2 nitrogen and oxygen atoms in total. The van der Waals surface area contributed by atoms with Crippen LogP contribution in [0.15, 0.2) is 54.3 Å².